The summed E-state index contributed by atoms with van der Waals surface area (Å²) in [6.45, 7) is 2.02. The molecule has 2 saturated heterocycles. The van der Waals surface area contributed by atoms with Crippen molar-refractivity contribution in [2.75, 3.05) is 18.0 Å². The molecular formula is C15H18BrN2O2+. The highest BCUT2D eigenvalue weighted by atomic mass is 79.9. The summed E-state index contributed by atoms with van der Waals surface area (Å²) in [5, 5.41) is 0. The summed E-state index contributed by atoms with van der Waals surface area (Å²) in [6, 6.07) is 7.17. The minimum Gasteiger partial charge on any atom is -0.324 e. The predicted octanol–water partition coefficient (Wildman–Crippen LogP) is 1.15. The number of nitrogens with one attached hydrogen (secondary N) is 1. The molecule has 2 aliphatic heterocycles. The number of anilines is 1. The predicted molar refractivity (Wildman–Crippen MR) is 79.6 cm³/mol. The molecule has 1 N–H and O–H groups in total. The molecule has 2 amide bonds. The summed E-state index contributed by atoms with van der Waals surface area (Å²) in [5.74, 6) is -0.102. The highest BCUT2D eigenvalue weighted by molar-refractivity contribution is 9.10. The van der Waals surface area contributed by atoms with Crippen molar-refractivity contribution in [2.45, 2.75) is 31.7 Å². The van der Waals surface area contributed by atoms with E-state index in [1.54, 1.807) is 0 Å². The van der Waals surface area contributed by atoms with Gasteiger partial charge < -0.3 is 4.90 Å². The highest BCUT2D eigenvalue weighted by Crippen LogP contribution is 2.24. The van der Waals surface area contributed by atoms with E-state index in [4.69, 9.17) is 0 Å². The molecule has 0 saturated carbocycles. The Kier molecular flexibility index (Phi) is 3.89. The molecule has 1 aromatic rings. The largest absolute Gasteiger partial charge is 0.324 e. The van der Waals surface area contributed by atoms with E-state index in [9.17, 15) is 9.59 Å². The number of quaternary nitrogens is 1. The maximum atomic E-state index is 12.6. The minimum atomic E-state index is -0.175. The molecule has 20 heavy (non-hydrogen) atoms. The van der Waals surface area contributed by atoms with Crippen molar-refractivity contribution in [3.8, 4) is 0 Å². The van der Waals surface area contributed by atoms with Crippen LogP contribution in [0.3, 0.4) is 0 Å². The zero-order chi connectivity index (χ0) is 14.1. The van der Waals surface area contributed by atoms with Crippen LogP contribution in [0.4, 0.5) is 5.69 Å². The lowest BCUT2D eigenvalue weighted by molar-refractivity contribution is -0.919. The molecule has 5 heteroatoms. The van der Waals surface area contributed by atoms with Crippen molar-refractivity contribution in [1.29, 1.82) is 0 Å². The minimum absolute atomic E-state index is 0.0331. The number of carbonyl (C=O) groups is 2. The fourth-order valence-electron chi connectivity index (χ4n) is 3.17. The first-order chi connectivity index (χ1) is 9.66. The van der Waals surface area contributed by atoms with Crippen molar-refractivity contribution in [2.24, 2.45) is 0 Å². The van der Waals surface area contributed by atoms with Gasteiger partial charge in [-0.2, -0.15) is 0 Å². The average Bonchev–Trinajstić information content (AvgIpc) is 2.76. The zero-order valence-electron chi connectivity index (χ0n) is 11.3. The monoisotopic (exact) mass is 337 g/mol. The van der Waals surface area contributed by atoms with Gasteiger partial charge in [-0.3, -0.25) is 9.59 Å². The quantitative estimate of drug-likeness (QED) is 0.822. The van der Waals surface area contributed by atoms with Gasteiger partial charge in [-0.25, -0.2) is 4.90 Å². The number of benzene rings is 1. The molecule has 0 spiro atoms. The van der Waals surface area contributed by atoms with Crippen molar-refractivity contribution in [1.82, 2.24) is 0 Å². The number of amides is 2. The van der Waals surface area contributed by atoms with Crippen molar-refractivity contribution in [3.63, 3.8) is 0 Å². The number of piperidine rings is 1. The lowest BCUT2D eigenvalue weighted by atomic mass is 10.1. The molecule has 3 rings (SSSR count). The smallest absolute Gasteiger partial charge is 0.292 e. The molecule has 0 aliphatic carbocycles. The molecule has 1 atom stereocenters. The highest BCUT2D eigenvalue weighted by Gasteiger charge is 2.45. The molecule has 2 aliphatic rings. The SMILES string of the molecule is O=C1C[C@H]([NH+]2CCCCC2)C(=O)N1c1ccc(Br)cc1. The first-order valence-electron chi connectivity index (χ1n) is 7.14. The molecule has 2 fully saturated rings. The van der Waals surface area contributed by atoms with Crippen LogP contribution in [-0.2, 0) is 9.59 Å². The van der Waals surface area contributed by atoms with Crippen LogP contribution in [0.15, 0.2) is 28.7 Å². The van der Waals surface area contributed by atoms with Crippen LogP contribution < -0.4 is 9.80 Å². The van der Waals surface area contributed by atoms with Crippen molar-refractivity contribution >= 4 is 33.4 Å². The summed E-state index contributed by atoms with van der Waals surface area (Å²) < 4.78 is 0.943. The van der Waals surface area contributed by atoms with Gasteiger partial charge in [0.2, 0.25) is 5.91 Å². The number of rotatable bonds is 2. The van der Waals surface area contributed by atoms with Gasteiger partial charge in [0.15, 0.2) is 6.04 Å². The average molecular weight is 338 g/mol. The van der Waals surface area contributed by atoms with Gasteiger partial charge in [0.05, 0.1) is 25.2 Å². The molecule has 4 nitrogen and oxygen atoms in total. The molecule has 0 aromatic heterocycles. The number of carbonyl (C=O) groups excluding carboxylic acids is 2. The van der Waals surface area contributed by atoms with E-state index < -0.39 is 0 Å². The second kappa shape index (κ2) is 5.66. The summed E-state index contributed by atoms with van der Waals surface area (Å²) in [4.78, 5) is 27.4. The van der Waals surface area contributed by atoms with Crippen LogP contribution in [-0.4, -0.2) is 30.9 Å². The van der Waals surface area contributed by atoms with E-state index in [-0.39, 0.29) is 17.9 Å². The molecule has 0 unspecified atom stereocenters. The number of halogens is 1. The third-order valence-electron chi connectivity index (χ3n) is 4.22. The third kappa shape index (κ3) is 2.52. The van der Waals surface area contributed by atoms with Gasteiger partial charge in [0.1, 0.15) is 0 Å². The van der Waals surface area contributed by atoms with Crippen LogP contribution in [0.5, 0.6) is 0 Å². The van der Waals surface area contributed by atoms with Crippen LogP contribution in [0, 0.1) is 0 Å². The maximum absolute atomic E-state index is 12.6. The van der Waals surface area contributed by atoms with E-state index in [2.05, 4.69) is 15.9 Å². The molecular weight excluding hydrogens is 320 g/mol. The van der Waals surface area contributed by atoms with Crippen molar-refractivity contribution < 1.29 is 14.5 Å². The number of hydrogen-bond acceptors (Lipinski definition) is 2. The topological polar surface area (TPSA) is 41.8 Å². The van der Waals surface area contributed by atoms with E-state index >= 15 is 0 Å². The van der Waals surface area contributed by atoms with Crippen LogP contribution in [0.25, 0.3) is 0 Å². The van der Waals surface area contributed by atoms with Gasteiger partial charge in [-0.1, -0.05) is 15.9 Å². The Morgan fingerprint density at radius 3 is 2.35 bits per heavy atom. The van der Waals surface area contributed by atoms with E-state index in [0.29, 0.717) is 12.1 Å². The van der Waals surface area contributed by atoms with Crippen LogP contribution in [0.1, 0.15) is 25.7 Å². The molecule has 106 valence electrons. The van der Waals surface area contributed by atoms with Gasteiger partial charge >= 0.3 is 0 Å². The Balaban J connectivity index is 1.81. The number of hydrogen-bond donors (Lipinski definition) is 1. The second-order valence-corrected chi connectivity index (χ2v) is 6.44. The fraction of sp³-hybridized carbons (Fsp3) is 0.467. The first kappa shape index (κ1) is 13.8. The number of nitrogens with zero attached hydrogens (tertiary/aromatic N) is 1. The second-order valence-electron chi connectivity index (χ2n) is 5.52. The van der Waals surface area contributed by atoms with Gasteiger partial charge in [0.25, 0.3) is 5.91 Å². The summed E-state index contributed by atoms with van der Waals surface area (Å²) >= 11 is 3.37. The molecule has 0 radical (unpaired) electrons. The Labute approximate surface area is 126 Å². The Morgan fingerprint density at radius 1 is 1.05 bits per heavy atom. The Bertz CT molecular complexity index is 523. The molecule has 2 heterocycles. The summed E-state index contributed by atoms with van der Waals surface area (Å²) in [7, 11) is 0. The third-order valence-corrected chi connectivity index (χ3v) is 4.75. The van der Waals surface area contributed by atoms with E-state index in [0.717, 1.165) is 30.4 Å². The molecule has 1 aromatic carbocycles. The summed E-state index contributed by atoms with van der Waals surface area (Å²) in [5.41, 5.74) is 0.683. The lowest BCUT2D eigenvalue weighted by Gasteiger charge is -2.27. The Hall–Kier alpha value is -1.20. The van der Waals surface area contributed by atoms with Crippen LogP contribution >= 0.6 is 15.9 Å². The normalized spacial score (nSPS) is 24.4. The standard InChI is InChI=1S/C15H17BrN2O2/c16-11-4-6-12(7-5-11)18-14(19)10-13(15(18)20)17-8-2-1-3-9-17/h4-7,13H,1-3,8-10H2/p+1/t13-/m0/s1. The van der Waals surface area contributed by atoms with E-state index in [1.165, 1.54) is 16.2 Å². The van der Waals surface area contributed by atoms with Crippen molar-refractivity contribution in [3.05, 3.63) is 28.7 Å². The number of likely N-dealkylation sites (tertiary alicyclic amines) is 1. The lowest BCUT2D eigenvalue weighted by Crippen LogP contribution is -3.17. The van der Waals surface area contributed by atoms with Gasteiger partial charge in [0, 0.05) is 4.47 Å². The van der Waals surface area contributed by atoms with Gasteiger partial charge in [-0.05, 0) is 43.5 Å². The summed E-state index contributed by atoms with van der Waals surface area (Å²) in [6.07, 6.45) is 3.91. The Morgan fingerprint density at radius 2 is 1.70 bits per heavy atom. The van der Waals surface area contributed by atoms with Crippen LogP contribution in [0.2, 0.25) is 0 Å². The maximum Gasteiger partial charge on any atom is 0.292 e. The zero-order valence-corrected chi connectivity index (χ0v) is 12.9. The molecule has 0 bridgehead atoms. The fourth-order valence-corrected chi connectivity index (χ4v) is 3.43. The first-order valence-corrected chi connectivity index (χ1v) is 7.93. The van der Waals surface area contributed by atoms with E-state index in [1.807, 2.05) is 24.3 Å². The number of imide groups is 1. The van der Waals surface area contributed by atoms with Gasteiger partial charge in [-0.15, -0.1) is 0 Å².